The highest BCUT2D eigenvalue weighted by Crippen LogP contribution is 2.29. The molecule has 130 valence electrons. The molecule has 0 aromatic heterocycles. The molecule has 0 amide bonds. The zero-order valence-corrected chi connectivity index (χ0v) is 13.6. The Labute approximate surface area is 144 Å². The summed E-state index contributed by atoms with van der Waals surface area (Å²) in [7, 11) is 0. The molecular weight excluding hydrogens is 356 g/mol. The van der Waals surface area contributed by atoms with Crippen LogP contribution >= 0.6 is 11.8 Å². The molecule has 0 aliphatic heterocycles. The predicted molar refractivity (Wildman–Crippen MR) is 85.8 cm³/mol. The minimum atomic E-state index is -0.909. The molecule has 2 rings (SSSR count). The van der Waals surface area contributed by atoms with E-state index in [0.29, 0.717) is 0 Å². The van der Waals surface area contributed by atoms with Gasteiger partial charge in [-0.05, 0) is 25.1 Å². The number of nitrogens with zero attached hydrogens (tertiary/aromatic N) is 1. The molecule has 25 heavy (non-hydrogen) atoms. The normalized spacial score (nSPS) is 10.4. The van der Waals surface area contributed by atoms with Crippen LogP contribution in [0.1, 0.15) is 17.3 Å². The number of hydrogen-bond donors (Lipinski definition) is 0. The Hall–Kier alpha value is -2.81. The standard InChI is InChI=1S/C16H11F2NO5S/c1-9(20)10-2-5-15(12(18)6-10)25-8-16(21)24-14-7-11(17)3-4-13(14)19(22)23/h2-7H,8H2,1H3. The summed E-state index contributed by atoms with van der Waals surface area (Å²) in [5.74, 6) is -3.57. The number of nitro groups is 1. The predicted octanol–water partition coefficient (Wildman–Crippen LogP) is 3.77. The monoisotopic (exact) mass is 367 g/mol. The molecule has 9 heteroatoms. The summed E-state index contributed by atoms with van der Waals surface area (Å²) < 4.78 is 31.8. The van der Waals surface area contributed by atoms with Gasteiger partial charge in [-0.25, -0.2) is 8.78 Å². The van der Waals surface area contributed by atoms with Crippen molar-refractivity contribution in [2.24, 2.45) is 0 Å². The summed E-state index contributed by atoms with van der Waals surface area (Å²) in [5.41, 5.74) is -0.364. The number of rotatable bonds is 6. The van der Waals surface area contributed by atoms with Crippen LogP contribution in [0.2, 0.25) is 0 Å². The van der Waals surface area contributed by atoms with Gasteiger partial charge in [0.25, 0.3) is 0 Å². The molecule has 0 aliphatic rings. The van der Waals surface area contributed by atoms with E-state index in [2.05, 4.69) is 0 Å². The first-order valence-electron chi connectivity index (χ1n) is 6.86. The van der Waals surface area contributed by atoms with E-state index >= 15 is 0 Å². The number of halogens is 2. The fraction of sp³-hybridized carbons (Fsp3) is 0.125. The first-order valence-corrected chi connectivity index (χ1v) is 7.84. The molecule has 0 unspecified atom stereocenters. The molecule has 0 radical (unpaired) electrons. The van der Waals surface area contributed by atoms with E-state index in [0.717, 1.165) is 36.0 Å². The van der Waals surface area contributed by atoms with Gasteiger partial charge in [0.15, 0.2) is 5.78 Å². The number of hydrogen-bond acceptors (Lipinski definition) is 6. The number of Topliss-reactive ketones (excluding diaryl/α,β-unsaturated/α-hetero) is 1. The minimum absolute atomic E-state index is 0.107. The van der Waals surface area contributed by atoms with Crippen LogP contribution in [0.5, 0.6) is 5.75 Å². The van der Waals surface area contributed by atoms with Gasteiger partial charge in [0.1, 0.15) is 11.6 Å². The van der Waals surface area contributed by atoms with Crippen LogP contribution < -0.4 is 4.74 Å². The lowest BCUT2D eigenvalue weighted by atomic mass is 10.1. The number of esters is 1. The zero-order valence-electron chi connectivity index (χ0n) is 12.8. The fourth-order valence-corrected chi connectivity index (χ4v) is 2.54. The lowest BCUT2D eigenvalue weighted by Crippen LogP contribution is -2.12. The third-order valence-electron chi connectivity index (χ3n) is 3.03. The van der Waals surface area contributed by atoms with Gasteiger partial charge in [0.2, 0.25) is 5.75 Å². The van der Waals surface area contributed by atoms with E-state index in [4.69, 9.17) is 4.74 Å². The number of benzene rings is 2. The Morgan fingerprint density at radius 3 is 2.52 bits per heavy atom. The largest absolute Gasteiger partial charge is 0.418 e. The molecule has 0 saturated carbocycles. The Kier molecular flexibility index (Phi) is 5.81. The highest BCUT2D eigenvalue weighted by atomic mass is 32.2. The third-order valence-corrected chi connectivity index (χ3v) is 4.05. The maximum atomic E-state index is 13.8. The highest BCUT2D eigenvalue weighted by molar-refractivity contribution is 8.00. The van der Waals surface area contributed by atoms with Gasteiger partial charge < -0.3 is 4.74 Å². The van der Waals surface area contributed by atoms with Crippen LogP contribution in [-0.4, -0.2) is 22.4 Å². The summed E-state index contributed by atoms with van der Waals surface area (Å²) in [6.45, 7) is 1.30. The second-order valence-corrected chi connectivity index (χ2v) is 5.85. The van der Waals surface area contributed by atoms with Crippen molar-refractivity contribution in [3.63, 3.8) is 0 Å². The summed E-state index contributed by atoms with van der Waals surface area (Å²) >= 11 is 0.789. The van der Waals surface area contributed by atoms with Crippen molar-refractivity contribution < 1.29 is 28.0 Å². The van der Waals surface area contributed by atoms with E-state index in [1.807, 2.05) is 0 Å². The SMILES string of the molecule is CC(=O)c1ccc(SCC(=O)Oc2cc(F)ccc2[N+](=O)[O-])c(F)c1. The molecule has 0 bridgehead atoms. The van der Waals surface area contributed by atoms with Gasteiger partial charge in [-0.15, -0.1) is 11.8 Å². The molecular formula is C16H11F2NO5S. The molecule has 0 aliphatic carbocycles. The maximum absolute atomic E-state index is 13.8. The van der Waals surface area contributed by atoms with Gasteiger partial charge in [-0.3, -0.25) is 19.7 Å². The van der Waals surface area contributed by atoms with E-state index in [-0.39, 0.29) is 22.0 Å². The minimum Gasteiger partial charge on any atom is -0.418 e. The molecule has 0 saturated heterocycles. The average Bonchev–Trinajstić information content (AvgIpc) is 2.53. The molecule has 2 aromatic rings. The molecule has 0 atom stereocenters. The van der Waals surface area contributed by atoms with Gasteiger partial charge in [0, 0.05) is 22.6 Å². The number of carbonyl (C=O) groups is 2. The quantitative estimate of drug-likeness (QED) is 0.193. The lowest BCUT2D eigenvalue weighted by molar-refractivity contribution is -0.385. The van der Waals surface area contributed by atoms with Crippen molar-refractivity contribution in [2.75, 3.05) is 5.75 Å². The molecule has 2 aromatic carbocycles. The number of thioether (sulfide) groups is 1. The van der Waals surface area contributed by atoms with Crippen molar-refractivity contribution in [3.8, 4) is 5.75 Å². The molecule has 0 heterocycles. The van der Waals surface area contributed by atoms with E-state index in [9.17, 15) is 28.5 Å². The smallest absolute Gasteiger partial charge is 0.321 e. The van der Waals surface area contributed by atoms with Crippen LogP contribution in [0.25, 0.3) is 0 Å². The van der Waals surface area contributed by atoms with Gasteiger partial charge >= 0.3 is 11.7 Å². The average molecular weight is 367 g/mol. The Morgan fingerprint density at radius 2 is 1.92 bits per heavy atom. The first kappa shape index (κ1) is 18.5. The molecule has 0 N–H and O–H groups in total. The Morgan fingerprint density at radius 1 is 1.20 bits per heavy atom. The highest BCUT2D eigenvalue weighted by Gasteiger charge is 2.19. The third kappa shape index (κ3) is 4.83. The summed E-state index contributed by atoms with van der Waals surface area (Å²) in [6.07, 6.45) is 0. The van der Waals surface area contributed by atoms with E-state index < -0.39 is 34.0 Å². The van der Waals surface area contributed by atoms with Crippen molar-refractivity contribution in [3.05, 3.63) is 63.7 Å². The molecule has 0 fully saturated rings. The van der Waals surface area contributed by atoms with Crippen LogP contribution in [-0.2, 0) is 4.79 Å². The van der Waals surface area contributed by atoms with Crippen molar-refractivity contribution >= 4 is 29.2 Å². The van der Waals surface area contributed by atoms with Gasteiger partial charge in [-0.1, -0.05) is 6.07 Å². The number of ether oxygens (including phenoxy) is 1. The van der Waals surface area contributed by atoms with Gasteiger partial charge in [0.05, 0.1) is 10.7 Å². The van der Waals surface area contributed by atoms with Crippen molar-refractivity contribution in [1.82, 2.24) is 0 Å². The van der Waals surface area contributed by atoms with Crippen LogP contribution in [0.15, 0.2) is 41.3 Å². The topological polar surface area (TPSA) is 86.5 Å². The Bertz CT molecular complexity index is 856. The van der Waals surface area contributed by atoms with Gasteiger partial charge in [-0.2, -0.15) is 0 Å². The Balaban J connectivity index is 2.06. The second-order valence-electron chi connectivity index (χ2n) is 4.83. The zero-order chi connectivity index (χ0) is 18.6. The van der Waals surface area contributed by atoms with Crippen molar-refractivity contribution in [1.29, 1.82) is 0 Å². The number of ketones is 1. The molecule has 6 nitrogen and oxygen atoms in total. The summed E-state index contributed by atoms with van der Waals surface area (Å²) in [6, 6.07) is 6.28. The fourth-order valence-electron chi connectivity index (χ4n) is 1.85. The second kappa shape index (κ2) is 7.84. The molecule has 0 spiro atoms. The van der Waals surface area contributed by atoms with Crippen LogP contribution in [0, 0.1) is 21.7 Å². The van der Waals surface area contributed by atoms with Crippen molar-refractivity contribution in [2.45, 2.75) is 11.8 Å². The van der Waals surface area contributed by atoms with E-state index in [1.54, 1.807) is 0 Å². The number of nitro benzene ring substituents is 1. The first-order chi connectivity index (χ1) is 11.8. The summed E-state index contributed by atoms with van der Waals surface area (Å²) in [5, 5.41) is 10.8. The lowest BCUT2D eigenvalue weighted by Gasteiger charge is -2.06. The van der Waals surface area contributed by atoms with E-state index in [1.165, 1.54) is 19.1 Å². The van der Waals surface area contributed by atoms with Crippen LogP contribution in [0.4, 0.5) is 14.5 Å². The maximum Gasteiger partial charge on any atom is 0.321 e. The number of carbonyl (C=O) groups excluding carboxylic acids is 2. The summed E-state index contributed by atoms with van der Waals surface area (Å²) in [4.78, 5) is 33.1. The van der Waals surface area contributed by atoms with Crippen LogP contribution in [0.3, 0.4) is 0 Å².